The third kappa shape index (κ3) is 4.40. The van der Waals surface area contributed by atoms with Gasteiger partial charge in [0.15, 0.2) is 5.65 Å². The van der Waals surface area contributed by atoms with Crippen molar-refractivity contribution >= 4 is 17.1 Å². The van der Waals surface area contributed by atoms with E-state index >= 15 is 0 Å². The Balaban J connectivity index is 1.52. The minimum Gasteiger partial charge on any atom is -0.350 e. The van der Waals surface area contributed by atoms with Gasteiger partial charge in [-0.1, -0.05) is 31.2 Å². The fraction of sp³-hybridized carbons (Fsp3) is 0.208. The second-order valence-corrected chi connectivity index (χ2v) is 7.30. The summed E-state index contributed by atoms with van der Waals surface area (Å²) in [5.74, 6) is -0.501. The molecular weight excluding hydrogens is 395 g/mol. The molecule has 7 heteroatoms. The van der Waals surface area contributed by atoms with Gasteiger partial charge >= 0.3 is 5.69 Å². The Morgan fingerprint density at radius 3 is 2.42 bits per heavy atom. The number of hydrogen-bond donors (Lipinski definition) is 1. The van der Waals surface area contributed by atoms with Gasteiger partial charge < -0.3 is 5.32 Å². The Morgan fingerprint density at radius 1 is 1.00 bits per heavy atom. The molecule has 4 aromatic rings. The second kappa shape index (κ2) is 8.95. The molecule has 0 aliphatic heterocycles. The van der Waals surface area contributed by atoms with Crippen molar-refractivity contribution in [2.75, 3.05) is 6.54 Å². The number of fused-ring (bicyclic) bond motifs is 1. The standard InChI is InChI=1S/C24H23FN4O2/c1-2-17-5-9-19(10-6-17)23(30)27-14-15-28-22-21(4-3-13-26-22)29(24(28)31)16-18-7-11-20(25)12-8-18/h3-13H,2,14-16H2,1H3,(H,27,30). The van der Waals surface area contributed by atoms with Crippen LogP contribution in [-0.2, 0) is 19.5 Å². The lowest BCUT2D eigenvalue weighted by molar-refractivity contribution is 0.0952. The predicted octanol–water partition coefficient (Wildman–Crippen LogP) is 3.38. The average molecular weight is 418 g/mol. The summed E-state index contributed by atoms with van der Waals surface area (Å²) >= 11 is 0. The van der Waals surface area contributed by atoms with Crippen LogP contribution in [0.15, 0.2) is 71.7 Å². The van der Waals surface area contributed by atoms with Gasteiger partial charge in [-0.25, -0.2) is 14.2 Å². The van der Waals surface area contributed by atoms with E-state index in [2.05, 4.69) is 17.2 Å². The molecule has 0 spiro atoms. The fourth-order valence-electron chi connectivity index (χ4n) is 3.55. The van der Waals surface area contributed by atoms with Crippen molar-refractivity contribution in [3.8, 4) is 0 Å². The van der Waals surface area contributed by atoms with Crippen LogP contribution in [0, 0.1) is 5.82 Å². The van der Waals surface area contributed by atoms with E-state index in [0.717, 1.165) is 12.0 Å². The molecule has 31 heavy (non-hydrogen) atoms. The highest BCUT2D eigenvalue weighted by Gasteiger charge is 2.15. The maximum Gasteiger partial charge on any atom is 0.330 e. The normalized spacial score (nSPS) is 11.0. The number of imidazole rings is 1. The Bertz CT molecular complexity index is 1260. The molecule has 2 aromatic heterocycles. The van der Waals surface area contributed by atoms with E-state index in [1.54, 1.807) is 45.7 Å². The minimum atomic E-state index is -0.319. The van der Waals surface area contributed by atoms with Crippen LogP contribution >= 0.6 is 0 Å². The van der Waals surface area contributed by atoms with Gasteiger partial charge in [0.05, 0.1) is 12.1 Å². The van der Waals surface area contributed by atoms with Crippen molar-refractivity contribution in [3.05, 3.63) is 99.9 Å². The van der Waals surface area contributed by atoms with Gasteiger partial charge in [0.1, 0.15) is 5.82 Å². The maximum atomic E-state index is 13.2. The van der Waals surface area contributed by atoms with E-state index in [1.807, 2.05) is 18.2 Å². The molecule has 0 aliphatic rings. The van der Waals surface area contributed by atoms with Crippen molar-refractivity contribution in [2.45, 2.75) is 26.4 Å². The first-order valence-electron chi connectivity index (χ1n) is 10.2. The Morgan fingerprint density at radius 2 is 1.71 bits per heavy atom. The third-order valence-corrected chi connectivity index (χ3v) is 5.27. The monoisotopic (exact) mass is 418 g/mol. The summed E-state index contributed by atoms with van der Waals surface area (Å²) in [6.07, 6.45) is 2.55. The number of nitrogens with one attached hydrogen (secondary N) is 1. The van der Waals surface area contributed by atoms with Crippen LogP contribution in [0.25, 0.3) is 11.2 Å². The number of benzene rings is 2. The molecular formula is C24H23FN4O2. The molecule has 0 saturated carbocycles. The summed E-state index contributed by atoms with van der Waals surface area (Å²) in [6, 6.07) is 17.1. The summed E-state index contributed by atoms with van der Waals surface area (Å²) < 4.78 is 16.4. The lowest BCUT2D eigenvalue weighted by Gasteiger charge is -2.07. The Hall–Kier alpha value is -3.74. The number of aromatic nitrogens is 3. The third-order valence-electron chi connectivity index (χ3n) is 5.27. The largest absolute Gasteiger partial charge is 0.350 e. The second-order valence-electron chi connectivity index (χ2n) is 7.30. The summed E-state index contributed by atoms with van der Waals surface area (Å²) in [5, 5.41) is 2.86. The predicted molar refractivity (Wildman–Crippen MR) is 118 cm³/mol. The number of halogens is 1. The van der Waals surface area contributed by atoms with Crippen molar-refractivity contribution < 1.29 is 9.18 Å². The van der Waals surface area contributed by atoms with E-state index < -0.39 is 0 Å². The number of pyridine rings is 1. The summed E-state index contributed by atoms with van der Waals surface area (Å²) in [5.41, 5.74) is 3.59. The van der Waals surface area contributed by atoms with Gasteiger partial charge in [-0.3, -0.25) is 13.9 Å². The summed E-state index contributed by atoms with van der Waals surface area (Å²) in [6.45, 7) is 2.96. The molecule has 0 saturated heterocycles. The van der Waals surface area contributed by atoms with Crippen LogP contribution in [-0.4, -0.2) is 26.6 Å². The first kappa shape index (κ1) is 20.5. The molecule has 158 valence electrons. The molecule has 4 rings (SSSR count). The number of aryl methyl sites for hydroxylation is 1. The van der Waals surface area contributed by atoms with Gasteiger partial charge in [-0.15, -0.1) is 0 Å². The van der Waals surface area contributed by atoms with Crippen molar-refractivity contribution in [1.29, 1.82) is 0 Å². The topological polar surface area (TPSA) is 68.9 Å². The van der Waals surface area contributed by atoms with Crippen molar-refractivity contribution in [1.82, 2.24) is 19.4 Å². The van der Waals surface area contributed by atoms with E-state index in [1.165, 1.54) is 17.7 Å². The minimum absolute atomic E-state index is 0.182. The van der Waals surface area contributed by atoms with Gasteiger partial charge in [0, 0.05) is 24.8 Å². The van der Waals surface area contributed by atoms with Gasteiger partial charge in [-0.2, -0.15) is 0 Å². The number of rotatable bonds is 7. The van der Waals surface area contributed by atoms with Crippen molar-refractivity contribution in [3.63, 3.8) is 0 Å². The van der Waals surface area contributed by atoms with Gasteiger partial charge in [0.25, 0.3) is 5.91 Å². The van der Waals surface area contributed by atoms with Crippen LogP contribution in [0.3, 0.4) is 0 Å². The zero-order chi connectivity index (χ0) is 21.8. The lowest BCUT2D eigenvalue weighted by atomic mass is 10.1. The number of amides is 1. The van der Waals surface area contributed by atoms with Crippen LogP contribution in [0.1, 0.15) is 28.4 Å². The highest BCUT2D eigenvalue weighted by Crippen LogP contribution is 2.13. The fourth-order valence-corrected chi connectivity index (χ4v) is 3.55. The Kier molecular flexibility index (Phi) is 5.93. The molecule has 0 atom stereocenters. The SMILES string of the molecule is CCc1ccc(C(=O)NCCn2c(=O)n(Cc3ccc(F)cc3)c3cccnc32)cc1. The number of carbonyl (C=O) groups excluding carboxylic acids is 1. The number of nitrogens with zero attached hydrogens (tertiary/aromatic N) is 3. The first-order valence-corrected chi connectivity index (χ1v) is 10.2. The molecule has 0 bridgehead atoms. The van der Waals surface area contributed by atoms with E-state index in [9.17, 15) is 14.0 Å². The number of carbonyl (C=O) groups is 1. The highest BCUT2D eigenvalue weighted by molar-refractivity contribution is 5.94. The van der Waals surface area contributed by atoms with Crippen LogP contribution in [0.5, 0.6) is 0 Å². The summed E-state index contributed by atoms with van der Waals surface area (Å²) in [4.78, 5) is 29.8. The molecule has 1 N–H and O–H groups in total. The molecule has 0 unspecified atom stereocenters. The van der Waals surface area contributed by atoms with Crippen molar-refractivity contribution in [2.24, 2.45) is 0 Å². The van der Waals surface area contributed by atoms with Gasteiger partial charge in [-0.05, 0) is 53.9 Å². The van der Waals surface area contributed by atoms with E-state index in [-0.39, 0.29) is 17.4 Å². The smallest absolute Gasteiger partial charge is 0.330 e. The molecule has 2 heterocycles. The highest BCUT2D eigenvalue weighted by atomic mass is 19.1. The van der Waals surface area contributed by atoms with E-state index in [4.69, 9.17) is 0 Å². The molecule has 6 nitrogen and oxygen atoms in total. The van der Waals surface area contributed by atoms with Crippen LogP contribution < -0.4 is 11.0 Å². The Labute approximate surface area is 179 Å². The maximum absolute atomic E-state index is 13.2. The molecule has 0 radical (unpaired) electrons. The number of hydrogen-bond acceptors (Lipinski definition) is 3. The zero-order valence-electron chi connectivity index (χ0n) is 17.2. The average Bonchev–Trinajstić information content (AvgIpc) is 3.06. The lowest BCUT2D eigenvalue weighted by Crippen LogP contribution is -2.32. The molecule has 2 aromatic carbocycles. The molecule has 0 fully saturated rings. The summed E-state index contributed by atoms with van der Waals surface area (Å²) in [7, 11) is 0. The van der Waals surface area contributed by atoms with E-state index in [0.29, 0.717) is 36.4 Å². The molecule has 1 amide bonds. The first-order chi connectivity index (χ1) is 15.1. The van der Waals surface area contributed by atoms with Gasteiger partial charge in [0.2, 0.25) is 0 Å². The van der Waals surface area contributed by atoms with Crippen LogP contribution in [0.4, 0.5) is 4.39 Å². The quantitative estimate of drug-likeness (QED) is 0.500. The van der Waals surface area contributed by atoms with Crippen LogP contribution in [0.2, 0.25) is 0 Å². The molecule has 0 aliphatic carbocycles. The zero-order valence-corrected chi connectivity index (χ0v) is 17.2.